The second-order valence-electron chi connectivity index (χ2n) is 13.3. The number of H-pyrrole nitrogens is 1. The number of carboxylic acids is 1. The molecule has 2 aromatic carbocycles. The summed E-state index contributed by atoms with van der Waals surface area (Å²) in [5.41, 5.74) is 7.56. The standard InChI is InChI=1S/C38H50N8O10S2/c1-21(47)42-31(18-33(50)51)38(56)46-29(16-22-8-10-24(48)11-9-22)36(54)45-28(13-15-58-3)35(53)41-20-32(49)43-30(37(55)44-27(34(39)52)12-14-57-2)17-23-19-40-26-7-5-4-6-25(23)26/h4-11,19,27-31,40,48H,12-18,20H2,1-3H3,(H2,39,52)(H,41,53)(H,42,47)(H,43,49)(H,44,55)(H,45,54)(H,46,56)(H,50,51)/t27-,28-,29-,30-,31-/m0/s1. The Kier molecular flexibility index (Phi) is 18.9. The van der Waals surface area contributed by atoms with E-state index in [0.29, 0.717) is 22.6 Å². The number of phenolic OH excluding ortho intramolecular Hbond substituents is 1. The van der Waals surface area contributed by atoms with E-state index >= 15 is 0 Å². The monoisotopic (exact) mass is 842 g/mol. The average Bonchev–Trinajstić information content (AvgIpc) is 3.58. The Labute approximate surface area is 343 Å². The van der Waals surface area contributed by atoms with Crippen molar-refractivity contribution in [3.8, 4) is 5.75 Å². The molecule has 1 heterocycles. The van der Waals surface area contributed by atoms with Crippen molar-refractivity contribution in [2.45, 2.75) is 69.2 Å². The molecule has 1 aromatic heterocycles. The first-order valence-electron chi connectivity index (χ1n) is 18.2. The predicted molar refractivity (Wildman–Crippen MR) is 220 cm³/mol. The molecule has 0 saturated heterocycles. The number of hydrogen-bond acceptors (Lipinski definition) is 11. The van der Waals surface area contributed by atoms with Gasteiger partial charge in [-0.2, -0.15) is 23.5 Å². The van der Waals surface area contributed by atoms with Gasteiger partial charge in [-0.05, 0) is 66.2 Å². The minimum Gasteiger partial charge on any atom is -0.508 e. The van der Waals surface area contributed by atoms with Gasteiger partial charge in [-0.25, -0.2) is 0 Å². The number of carboxylic acid groups (broad SMARTS) is 1. The van der Waals surface area contributed by atoms with Gasteiger partial charge in [0.1, 0.15) is 36.0 Å². The molecule has 0 aliphatic rings. The second-order valence-corrected chi connectivity index (χ2v) is 15.2. The minimum absolute atomic E-state index is 0.0271. The van der Waals surface area contributed by atoms with Crippen LogP contribution in [0, 0.1) is 0 Å². The lowest BCUT2D eigenvalue weighted by Crippen LogP contribution is -2.58. The van der Waals surface area contributed by atoms with Gasteiger partial charge in [-0.3, -0.25) is 38.4 Å². The van der Waals surface area contributed by atoms with Crippen molar-refractivity contribution in [3.63, 3.8) is 0 Å². The average molecular weight is 843 g/mol. The van der Waals surface area contributed by atoms with Gasteiger partial charge in [-0.15, -0.1) is 0 Å². The topological polar surface area (TPSA) is 291 Å². The van der Waals surface area contributed by atoms with Crippen LogP contribution in [-0.4, -0.2) is 123 Å². The molecule has 0 spiro atoms. The van der Waals surface area contributed by atoms with E-state index in [9.17, 15) is 48.6 Å². The maximum atomic E-state index is 13.8. The first-order valence-corrected chi connectivity index (χ1v) is 21.0. The number of aliphatic carboxylic acids is 1. The van der Waals surface area contributed by atoms with E-state index in [2.05, 4.69) is 36.9 Å². The molecule has 0 bridgehead atoms. The van der Waals surface area contributed by atoms with E-state index in [4.69, 9.17) is 5.73 Å². The zero-order valence-corrected chi connectivity index (χ0v) is 33.9. The number of aromatic amines is 1. The van der Waals surface area contributed by atoms with Crippen molar-refractivity contribution in [1.29, 1.82) is 0 Å². The Morgan fingerprint density at radius 2 is 1.28 bits per heavy atom. The number of thioether (sulfide) groups is 2. The number of aromatic hydroxyl groups is 1. The number of primary amides is 1. The number of para-hydroxylation sites is 1. The second kappa shape index (κ2) is 23.5. The largest absolute Gasteiger partial charge is 0.508 e. The van der Waals surface area contributed by atoms with Crippen LogP contribution < -0.4 is 37.6 Å². The van der Waals surface area contributed by atoms with Crippen molar-refractivity contribution in [2.24, 2.45) is 5.73 Å². The molecule has 58 heavy (non-hydrogen) atoms. The first kappa shape index (κ1) is 46.6. The Hall–Kier alpha value is -5.76. The van der Waals surface area contributed by atoms with E-state index < -0.39 is 90.5 Å². The number of benzene rings is 2. The van der Waals surface area contributed by atoms with Crippen molar-refractivity contribution in [1.82, 2.24) is 36.9 Å². The molecule has 0 aliphatic heterocycles. The maximum absolute atomic E-state index is 13.8. The van der Waals surface area contributed by atoms with Crippen molar-refractivity contribution >= 4 is 81.7 Å². The van der Waals surface area contributed by atoms with Crippen LogP contribution in [0.15, 0.2) is 54.7 Å². The molecule has 0 aliphatic carbocycles. The third kappa shape index (κ3) is 15.3. The van der Waals surface area contributed by atoms with Gasteiger partial charge >= 0.3 is 5.97 Å². The summed E-state index contributed by atoms with van der Waals surface area (Å²) in [4.78, 5) is 106. The summed E-state index contributed by atoms with van der Waals surface area (Å²) in [5, 5.41) is 35.0. The van der Waals surface area contributed by atoms with Gasteiger partial charge in [0.2, 0.25) is 41.4 Å². The molecule has 3 rings (SSSR count). The molecule has 3 aromatic rings. The number of amides is 7. The third-order valence-electron chi connectivity index (χ3n) is 8.77. The Balaban J connectivity index is 1.78. The molecule has 0 fully saturated rings. The molecule has 5 atom stereocenters. The smallest absolute Gasteiger partial charge is 0.305 e. The number of fused-ring (bicyclic) bond motifs is 1. The van der Waals surface area contributed by atoms with Crippen LogP contribution in [0.4, 0.5) is 0 Å². The summed E-state index contributed by atoms with van der Waals surface area (Å²) in [6.45, 7) is 0.499. The fourth-order valence-electron chi connectivity index (χ4n) is 5.81. The lowest BCUT2D eigenvalue weighted by molar-refractivity contribution is -0.141. The van der Waals surface area contributed by atoms with Gasteiger partial charge in [0.05, 0.1) is 13.0 Å². The van der Waals surface area contributed by atoms with Gasteiger partial charge < -0.3 is 52.8 Å². The van der Waals surface area contributed by atoms with Gasteiger partial charge in [-0.1, -0.05) is 30.3 Å². The minimum atomic E-state index is -1.52. The van der Waals surface area contributed by atoms with E-state index in [1.54, 1.807) is 12.5 Å². The van der Waals surface area contributed by atoms with Crippen LogP contribution in [0.3, 0.4) is 0 Å². The number of aromatic nitrogens is 1. The summed E-state index contributed by atoms with van der Waals surface area (Å²) in [6.07, 6.45) is 4.82. The number of nitrogens with two attached hydrogens (primary N) is 1. The van der Waals surface area contributed by atoms with E-state index in [1.165, 1.54) is 47.8 Å². The lowest BCUT2D eigenvalue weighted by Gasteiger charge is -2.25. The van der Waals surface area contributed by atoms with E-state index in [0.717, 1.165) is 17.8 Å². The number of carbonyl (C=O) groups is 8. The van der Waals surface area contributed by atoms with Crippen LogP contribution in [0.5, 0.6) is 5.75 Å². The maximum Gasteiger partial charge on any atom is 0.305 e. The predicted octanol–water partition coefficient (Wildman–Crippen LogP) is -0.315. The summed E-state index contributed by atoms with van der Waals surface area (Å²) in [5.74, 6) is -5.85. The van der Waals surface area contributed by atoms with Gasteiger partial charge in [0.15, 0.2) is 0 Å². The van der Waals surface area contributed by atoms with E-state index in [1.807, 2.05) is 30.5 Å². The summed E-state index contributed by atoms with van der Waals surface area (Å²) in [7, 11) is 0. The van der Waals surface area contributed by atoms with Gasteiger partial charge in [0, 0.05) is 36.9 Å². The van der Waals surface area contributed by atoms with Crippen molar-refractivity contribution in [2.75, 3.05) is 30.6 Å². The normalized spacial score (nSPS) is 13.5. The quantitative estimate of drug-likeness (QED) is 0.0556. The number of nitrogens with one attached hydrogen (secondary N) is 7. The molecule has 314 valence electrons. The van der Waals surface area contributed by atoms with E-state index in [-0.39, 0.29) is 31.4 Å². The zero-order chi connectivity index (χ0) is 42.8. The molecular weight excluding hydrogens is 793 g/mol. The van der Waals surface area contributed by atoms with Crippen LogP contribution in [0.2, 0.25) is 0 Å². The Bertz CT molecular complexity index is 1910. The summed E-state index contributed by atoms with van der Waals surface area (Å²) < 4.78 is 0. The van der Waals surface area contributed by atoms with Crippen LogP contribution in [-0.2, 0) is 51.2 Å². The highest BCUT2D eigenvalue weighted by Gasteiger charge is 2.31. The number of phenols is 1. The Morgan fingerprint density at radius 1 is 0.707 bits per heavy atom. The van der Waals surface area contributed by atoms with Gasteiger partial charge in [0.25, 0.3) is 0 Å². The summed E-state index contributed by atoms with van der Waals surface area (Å²) >= 11 is 2.85. The third-order valence-corrected chi connectivity index (χ3v) is 10.1. The highest BCUT2D eigenvalue weighted by atomic mass is 32.2. The Morgan fingerprint density at radius 3 is 1.88 bits per heavy atom. The molecule has 0 unspecified atom stereocenters. The van der Waals surface area contributed by atoms with Crippen LogP contribution in [0.25, 0.3) is 10.9 Å². The molecule has 7 amide bonds. The fourth-order valence-corrected chi connectivity index (χ4v) is 6.76. The van der Waals surface area contributed by atoms with Crippen molar-refractivity contribution < 1.29 is 48.6 Å². The van der Waals surface area contributed by atoms with Crippen molar-refractivity contribution in [3.05, 3.63) is 65.9 Å². The molecule has 0 radical (unpaired) electrons. The van der Waals surface area contributed by atoms with Crippen LogP contribution >= 0.6 is 23.5 Å². The fraction of sp³-hybridized carbons (Fsp3) is 0.421. The molecular formula is C38H50N8O10S2. The molecule has 11 N–H and O–H groups in total. The lowest BCUT2D eigenvalue weighted by atomic mass is 10.0. The number of carbonyl (C=O) groups excluding carboxylic acids is 7. The highest BCUT2D eigenvalue weighted by Crippen LogP contribution is 2.19. The summed E-state index contributed by atoms with van der Waals surface area (Å²) in [6, 6.07) is 6.84. The SMILES string of the molecule is CSCC[C@H](NC(=O)[C@H](Cc1c[nH]c2ccccc12)NC(=O)CNC(=O)[C@H](CCSC)NC(=O)[C@H](Cc1ccc(O)cc1)NC(=O)[C@H](CC(=O)O)NC(C)=O)C(N)=O. The molecule has 18 nitrogen and oxygen atoms in total. The number of rotatable bonds is 24. The zero-order valence-electron chi connectivity index (χ0n) is 32.3. The van der Waals surface area contributed by atoms with Crippen LogP contribution in [0.1, 0.15) is 37.3 Å². The highest BCUT2D eigenvalue weighted by molar-refractivity contribution is 7.98. The molecule has 0 saturated carbocycles. The number of hydrogen-bond donors (Lipinski definition) is 10. The molecule has 20 heteroatoms. The first-order chi connectivity index (χ1) is 27.6.